The molecular weight excluding hydrogens is 256 g/mol. The quantitative estimate of drug-likeness (QED) is 0.738. The molecule has 2 amide bonds. The van der Waals surface area contributed by atoms with Gasteiger partial charge < -0.3 is 21.3 Å². The average molecular weight is 282 g/mol. The van der Waals surface area contributed by atoms with E-state index in [1.807, 2.05) is 0 Å². The van der Waals surface area contributed by atoms with Crippen molar-refractivity contribution in [2.45, 2.75) is 50.6 Å². The van der Waals surface area contributed by atoms with Crippen molar-refractivity contribution in [1.29, 1.82) is 0 Å². The Morgan fingerprint density at radius 1 is 1.05 bits per heavy atom. The van der Waals surface area contributed by atoms with E-state index in [9.17, 15) is 9.59 Å². The van der Waals surface area contributed by atoms with Gasteiger partial charge in [0.25, 0.3) is 0 Å². The summed E-state index contributed by atoms with van der Waals surface area (Å²) in [6, 6.07) is -0.175. The Morgan fingerprint density at radius 2 is 1.65 bits per heavy atom. The molecule has 2 aliphatic rings. The molecule has 0 aromatic heterocycles. The van der Waals surface area contributed by atoms with E-state index < -0.39 is 11.9 Å². The molecule has 2 saturated heterocycles. The molecule has 0 aromatic carbocycles. The lowest BCUT2D eigenvalue weighted by Gasteiger charge is -2.40. The maximum Gasteiger partial charge on any atom is 0.240 e. The number of carbonyl (C=O) groups excluding carboxylic acids is 2. The van der Waals surface area contributed by atoms with Gasteiger partial charge in [-0.3, -0.25) is 9.59 Å². The number of nitrogens with two attached hydrogens (primary N) is 2. The zero-order valence-corrected chi connectivity index (χ0v) is 12.1. The first-order valence-electron chi connectivity index (χ1n) is 7.64. The summed E-state index contributed by atoms with van der Waals surface area (Å²) < 4.78 is 0. The zero-order valence-electron chi connectivity index (χ0n) is 12.1. The summed E-state index contributed by atoms with van der Waals surface area (Å²) in [5, 5.41) is 0. The minimum atomic E-state index is -0.779. The average Bonchev–Trinajstić information content (AvgIpc) is 2.47. The molecule has 1 unspecified atom stereocenters. The second-order valence-corrected chi connectivity index (χ2v) is 5.93. The Hall–Kier alpha value is -1.14. The molecule has 0 bridgehead atoms. The van der Waals surface area contributed by atoms with Crippen LogP contribution in [0.4, 0.5) is 0 Å². The van der Waals surface area contributed by atoms with E-state index in [-0.39, 0.29) is 12.3 Å². The molecule has 2 aliphatic heterocycles. The Morgan fingerprint density at radius 3 is 2.20 bits per heavy atom. The third-order valence-electron chi connectivity index (χ3n) is 4.42. The number of nitrogens with zero attached hydrogens (tertiary/aromatic N) is 2. The molecule has 6 nitrogen and oxygen atoms in total. The summed E-state index contributed by atoms with van der Waals surface area (Å²) >= 11 is 0. The van der Waals surface area contributed by atoms with Gasteiger partial charge in [-0.25, -0.2) is 0 Å². The van der Waals surface area contributed by atoms with Crippen LogP contribution in [0.5, 0.6) is 0 Å². The van der Waals surface area contributed by atoms with Gasteiger partial charge in [0.15, 0.2) is 0 Å². The SMILES string of the molecule is NC(=O)CC(N)C(=O)N1CCC(N2CCCCC2)CC1. The molecule has 1 atom stereocenters. The Kier molecular flexibility index (Phi) is 5.37. The predicted molar refractivity (Wildman–Crippen MR) is 76.8 cm³/mol. The van der Waals surface area contributed by atoms with Crippen LogP contribution >= 0.6 is 0 Å². The number of primary amides is 1. The summed E-state index contributed by atoms with van der Waals surface area (Å²) in [6.45, 7) is 3.87. The molecule has 0 aromatic rings. The number of hydrogen-bond acceptors (Lipinski definition) is 4. The molecule has 2 fully saturated rings. The highest BCUT2D eigenvalue weighted by molar-refractivity contribution is 5.87. The normalized spacial score (nSPS) is 23.6. The fourth-order valence-electron chi connectivity index (χ4n) is 3.27. The van der Waals surface area contributed by atoms with Gasteiger partial charge in [-0.1, -0.05) is 6.42 Å². The Bertz CT molecular complexity index is 347. The van der Waals surface area contributed by atoms with Gasteiger partial charge in [-0.15, -0.1) is 0 Å². The summed E-state index contributed by atoms with van der Waals surface area (Å²) in [5.41, 5.74) is 10.8. The van der Waals surface area contributed by atoms with Crippen molar-refractivity contribution in [2.75, 3.05) is 26.2 Å². The van der Waals surface area contributed by atoms with Crippen LogP contribution in [0.2, 0.25) is 0 Å². The van der Waals surface area contributed by atoms with Gasteiger partial charge in [0, 0.05) is 19.1 Å². The minimum Gasteiger partial charge on any atom is -0.370 e. The highest BCUT2D eigenvalue weighted by atomic mass is 16.2. The third-order valence-corrected chi connectivity index (χ3v) is 4.42. The minimum absolute atomic E-state index is 0.0646. The van der Waals surface area contributed by atoms with E-state index in [0.29, 0.717) is 6.04 Å². The number of amides is 2. The molecule has 0 aliphatic carbocycles. The third kappa shape index (κ3) is 3.93. The van der Waals surface area contributed by atoms with E-state index >= 15 is 0 Å². The largest absolute Gasteiger partial charge is 0.370 e. The van der Waals surface area contributed by atoms with Gasteiger partial charge >= 0.3 is 0 Å². The maximum atomic E-state index is 12.1. The zero-order chi connectivity index (χ0) is 14.5. The van der Waals surface area contributed by atoms with E-state index in [2.05, 4.69) is 4.90 Å². The molecular formula is C14H26N4O2. The summed E-state index contributed by atoms with van der Waals surface area (Å²) in [5.74, 6) is -0.657. The number of carbonyl (C=O) groups is 2. The van der Waals surface area contributed by atoms with Crippen LogP contribution in [0.25, 0.3) is 0 Å². The van der Waals surface area contributed by atoms with Crippen molar-refractivity contribution in [3.05, 3.63) is 0 Å². The van der Waals surface area contributed by atoms with Crippen LogP contribution in [-0.2, 0) is 9.59 Å². The molecule has 0 saturated carbocycles. The van der Waals surface area contributed by atoms with Crippen molar-refractivity contribution < 1.29 is 9.59 Å². The standard InChI is InChI=1S/C14H26N4O2/c15-12(10-13(16)19)14(20)18-8-4-11(5-9-18)17-6-2-1-3-7-17/h11-12H,1-10,15H2,(H2,16,19). The lowest BCUT2D eigenvalue weighted by Crippen LogP contribution is -2.52. The molecule has 2 rings (SSSR count). The van der Waals surface area contributed by atoms with Crippen molar-refractivity contribution in [3.63, 3.8) is 0 Å². The first-order valence-corrected chi connectivity index (χ1v) is 7.64. The predicted octanol–water partition coefficient (Wildman–Crippen LogP) is -0.334. The summed E-state index contributed by atoms with van der Waals surface area (Å²) in [7, 11) is 0. The van der Waals surface area contributed by atoms with Gasteiger partial charge in [0.05, 0.1) is 12.5 Å². The summed E-state index contributed by atoms with van der Waals surface area (Å²) in [4.78, 5) is 27.3. The molecule has 20 heavy (non-hydrogen) atoms. The second kappa shape index (κ2) is 7.04. The first kappa shape index (κ1) is 15.3. The first-order chi connectivity index (χ1) is 9.58. The monoisotopic (exact) mass is 282 g/mol. The van der Waals surface area contributed by atoms with E-state index in [0.717, 1.165) is 25.9 Å². The van der Waals surface area contributed by atoms with Gasteiger partial charge in [-0.05, 0) is 38.8 Å². The van der Waals surface area contributed by atoms with Gasteiger partial charge in [0.1, 0.15) is 0 Å². The molecule has 4 N–H and O–H groups in total. The number of likely N-dealkylation sites (tertiary alicyclic amines) is 2. The van der Waals surface area contributed by atoms with Gasteiger partial charge in [0.2, 0.25) is 11.8 Å². The number of rotatable bonds is 4. The second-order valence-electron chi connectivity index (χ2n) is 5.93. The van der Waals surface area contributed by atoms with E-state index in [1.54, 1.807) is 4.90 Å². The summed E-state index contributed by atoms with van der Waals surface area (Å²) in [6.07, 6.45) is 5.88. The van der Waals surface area contributed by atoms with Crippen LogP contribution in [-0.4, -0.2) is 59.9 Å². The maximum absolute atomic E-state index is 12.1. The Labute approximate surface area is 120 Å². The molecule has 114 valence electrons. The fraction of sp³-hybridized carbons (Fsp3) is 0.857. The Balaban J connectivity index is 1.78. The topological polar surface area (TPSA) is 92.7 Å². The number of piperidine rings is 2. The highest BCUT2D eigenvalue weighted by Gasteiger charge is 2.29. The molecule has 0 radical (unpaired) electrons. The van der Waals surface area contributed by atoms with Crippen molar-refractivity contribution >= 4 is 11.8 Å². The molecule has 6 heteroatoms. The molecule has 0 spiro atoms. The van der Waals surface area contributed by atoms with Gasteiger partial charge in [-0.2, -0.15) is 0 Å². The van der Waals surface area contributed by atoms with Crippen molar-refractivity contribution in [3.8, 4) is 0 Å². The van der Waals surface area contributed by atoms with Crippen molar-refractivity contribution in [1.82, 2.24) is 9.80 Å². The van der Waals surface area contributed by atoms with Crippen LogP contribution in [0.1, 0.15) is 38.5 Å². The van der Waals surface area contributed by atoms with Crippen molar-refractivity contribution in [2.24, 2.45) is 11.5 Å². The van der Waals surface area contributed by atoms with Crippen LogP contribution in [0.15, 0.2) is 0 Å². The van der Waals surface area contributed by atoms with Crippen LogP contribution in [0.3, 0.4) is 0 Å². The fourth-order valence-corrected chi connectivity index (χ4v) is 3.27. The smallest absolute Gasteiger partial charge is 0.240 e. The van der Waals surface area contributed by atoms with Crippen LogP contribution < -0.4 is 11.5 Å². The van der Waals surface area contributed by atoms with E-state index in [4.69, 9.17) is 11.5 Å². The highest BCUT2D eigenvalue weighted by Crippen LogP contribution is 2.21. The molecule has 2 heterocycles. The van der Waals surface area contributed by atoms with Crippen LogP contribution in [0, 0.1) is 0 Å². The lowest BCUT2D eigenvalue weighted by atomic mass is 9.99. The number of hydrogen-bond donors (Lipinski definition) is 2. The van der Waals surface area contributed by atoms with E-state index in [1.165, 1.54) is 32.4 Å². The lowest BCUT2D eigenvalue weighted by molar-refractivity contribution is -0.136.